The molecular weight excluding hydrogens is 703 g/mol. The normalized spacial score (nSPS) is 11.8. The quantitative estimate of drug-likeness (QED) is 0.161. The average molecular weight is 738 g/mol. The smallest absolute Gasteiger partial charge is 0.0715 e. The van der Waals surface area contributed by atoms with Crippen LogP contribution >= 0.6 is 0 Å². The van der Waals surface area contributed by atoms with Crippen molar-refractivity contribution in [1.29, 1.82) is 0 Å². The van der Waals surface area contributed by atoms with Gasteiger partial charge in [-0.1, -0.05) is 158 Å². The Morgan fingerprint density at radius 3 is 1.47 bits per heavy atom. The first-order chi connectivity index (χ1) is 28.8. The van der Waals surface area contributed by atoms with Crippen molar-refractivity contribution in [3.05, 3.63) is 212 Å². The third kappa shape index (κ3) is 4.97. The van der Waals surface area contributed by atoms with Crippen molar-refractivity contribution in [3.8, 4) is 45.0 Å². The van der Waals surface area contributed by atoms with Crippen LogP contribution in [0.1, 0.15) is 0 Å². The lowest BCUT2D eigenvalue weighted by Crippen LogP contribution is -1.95. The third-order valence-corrected chi connectivity index (χ3v) is 11.9. The average Bonchev–Trinajstić information content (AvgIpc) is 3.83. The van der Waals surface area contributed by atoms with Crippen LogP contribution in [-0.2, 0) is 0 Å². The molecule has 0 amide bonds. The number of fused-ring (bicyclic) bond motifs is 11. The molecule has 0 saturated carbocycles. The van der Waals surface area contributed by atoms with Crippen LogP contribution in [0.4, 0.5) is 0 Å². The predicted octanol–water partition coefficient (Wildman–Crippen LogP) is 14.6. The molecule has 12 aromatic rings. The van der Waals surface area contributed by atoms with Crippen LogP contribution in [0.5, 0.6) is 0 Å². The predicted molar refractivity (Wildman–Crippen MR) is 244 cm³/mol. The van der Waals surface area contributed by atoms with E-state index in [4.69, 9.17) is 4.98 Å². The van der Waals surface area contributed by atoms with Crippen molar-refractivity contribution < 1.29 is 0 Å². The maximum atomic E-state index is 5.20. The minimum atomic E-state index is 0.951. The minimum Gasteiger partial charge on any atom is -0.309 e. The van der Waals surface area contributed by atoms with Gasteiger partial charge < -0.3 is 9.13 Å². The van der Waals surface area contributed by atoms with E-state index < -0.39 is 0 Å². The zero-order chi connectivity index (χ0) is 38.2. The van der Waals surface area contributed by atoms with E-state index in [1.165, 1.54) is 76.4 Å². The molecule has 0 aliphatic heterocycles. The molecule has 270 valence electrons. The molecule has 3 aromatic heterocycles. The second-order valence-electron chi connectivity index (χ2n) is 15.1. The number of hydrogen-bond donors (Lipinski definition) is 0. The van der Waals surface area contributed by atoms with Gasteiger partial charge in [0.05, 0.1) is 33.5 Å². The summed E-state index contributed by atoms with van der Waals surface area (Å²) in [5.41, 5.74) is 13.6. The largest absolute Gasteiger partial charge is 0.309 e. The van der Waals surface area contributed by atoms with E-state index in [9.17, 15) is 0 Å². The molecule has 0 spiro atoms. The van der Waals surface area contributed by atoms with Gasteiger partial charge >= 0.3 is 0 Å². The molecule has 0 fully saturated rings. The number of benzene rings is 9. The van der Waals surface area contributed by atoms with Gasteiger partial charge in [-0.2, -0.15) is 0 Å². The van der Waals surface area contributed by atoms with Crippen molar-refractivity contribution in [3.63, 3.8) is 0 Å². The number of pyridine rings is 1. The summed E-state index contributed by atoms with van der Waals surface area (Å²) in [4.78, 5) is 5.20. The van der Waals surface area contributed by atoms with E-state index in [0.29, 0.717) is 0 Å². The molecule has 0 radical (unpaired) electrons. The molecule has 3 heteroatoms. The molecule has 3 nitrogen and oxygen atoms in total. The maximum Gasteiger partial charge on any atom is 0.0715 e. The first-order valence-corrected chi connectivity index (χ1v) is 19.9. The molecule has 0 aliphatic carbocycles. The summed E-state index contributed by atoms with van der Waals surface area (Å²) >= 11 is 0. The molecule has 12 rings (SSSR count). The van der Waals surface area contributed by atoms with Gasteiger partial charge in [-0.3, -0.25) is 0 Å². The van der Waals surface area contributed by atoms with Crippen LogP contribution in [0.3, 0.4) is 0 Å². The second-order valence-corrected chi connectivity index (χ2v) is 15.1. The fraction of sp³-hybridized carbons (Fsp3) is 0. The summed E-state index contributed by atoms with van der Waals surface area (Å²) < 4.78 is 4.85. The van der Waals surface area contributed by atoms with Gasteiger partial charge in [0, 0.05) is 49.4 Å². The molecule has 3 heterocycles. The lowest BCUT2D eigenvalue weighted by Gasteiger charge is -2.13. The van der Waals surface area contributed by atoms with Crippen molar-refractivity contribution in [1.82, 2.24) is 14.1 Å². The Kier molecular flexibility index (Phi) is 7.23. The molecule has 0 N–H and O–H groups in total. The fourth-order valence-corrected chi connectivity index (χ4v) is 9.29. The van der Waals surface area contributed by atoms with Crippen LogP contribution in [0.25, 0.3) is 110 Å². The Morgan fingerprint density at radius 1 is 0.276 bits per heavy atom. The van der Waals surface area contributed by atoms with E-state index in [1.54, 1.807) is 0 Å². The summed E-state index contributed by atoms with van der Waals surface area (Å²) in [6, 6.07) is 76.7. The highest BCUT2D eigenvalue weighted by Gasteiger charge is 2.19. The number of rotatable bonds is 5. The lowest BCUT2D eigenvalue weighted by molar-refractivity contribution is 1.18. The fourth-order valence-electron chi connectivity index (χ4n) is 9.29. The van der Waals surface area contributed by atoms with Crippen LogP contribution in [0, 0.1) is 0 Å². The Balaban J connectivity index is 1.03. The zero-order valence-corrected chi connectivity index (χ0v) is 31.5. The van der Waals surface area contributed by atoms with Gasteiger partial charge in [0.15, 0.2) is 0 Å². The van der Waals surface area contributed by atoms with Gasteiger partial charge in [-0.05, 0) is 81.9 Å². The Bertz CT molecular complexity index is 3470. The molecular formula is C55H35N3. The highest BCUT2D eigenvalue weighted by molar-refractivity contribution is 6.29. The summed E-state index contributed by atoms with van der Waals surface area (Å²) in [6.07, 6.45) is 0. The molecule has 0 saturated heterocycles. The van der Waals surface area contributed by atoms with Crippen LogP contribution < -0.4 is 0 Å². The lowest BCUT2D eigenvalue weighted by atomic mass is 9.96. The molecule has 58 heavy (non-hydrogen) atoms. The van der Waals surface area contributed by atoms with Gasteiger partial charge in [0.25, 0.3) is 0 Å². The summed E-state index contributed by atoms with van der Waals surface area (Å²) in [5, 5.41) is 10.1. The zero-order valence-electron chi connectivity index (χ0n) is 31.5. The van der Waals surface area contributed by atoms with E-state index in [2.05, 4.69) is 215 Å². The Morgan fingerprint density at radius 2 is 0.759 bits per heavy atom. The summed E-state index contributed by atoms with van der Waals surface area (Å²) in [7, 11) is 0. The van der Waals surface area contributed by atoms with E-state index in [1.807, 2.05) is 6.07 Å². The second kappa shape index (κ2) is 12.9. The maximum absolute atomic E-state index is 5.20. The standard InChI is InChI=1S/C55H35N3/c1-4-14-36(15-5-1)39-34-49(37-16-6-2-7-17-37)56-50(35-39)38-24-26-41(27-25-38)57-52-23-13-11-21-48(52)54-45-29-31-46-43(42(45)32-33-53(54)57)28-30-47-44-20-10-12-22-51(44)58(55(46)47)40-18-8-3-9-19-40/h1-35H. The van der Waals surface area contributed by atoms with E-state index >= 15 is 0 Å². The highest BCUT2D eigenvalue weighted by atomic mass is 15.0. The van der Waals surface area contributed by atoms with Gasteiger partial charge in [0.2, 0.25) is 0 Å². The topological polar surface area (TPSA) is 22.8 Å². The van der Waals surface area contributed by atoms with Crippen LogP contribution in [-0.4, -0.2) is 14.1 Å². The number of aromatic nitrogens is 3. The van der Waals surface area contributed by atoms with Crippen molar-refractivity contribution in [2.75, 3.05) is 0 Å². The SMILES string of the molecule is c1ccc(-c2cc(-c3ccccc3)nc(-c3ccc(-n4c5ccccc5c5c6ccc7c(ccc8c9ccccc9n(-c9ccccc9)c78)c6ccc54)cc3)c2)cc1. The van der Waals surface area contributed by atoms with E-state index in [-0.39, 0.29) is 0 Å². The van der Waals surface area contributed by atoms with Crippen molar-refractivity contribution in [2.24, 2.45) is 0 Å². The van der Waals surface area contributed by atoms with Crippen LogP contribution in [0.2, 0.25) is 0 Å². The monoisotopic (exact) mass is 737 g/mol. The number of hydrogen-bond acceptors (Lipinski definition) is 1. The third-order valence-electron chi connectivity index (χ3n) is 11.9. The van der Waals surface area contributed by atoms with Gasteiger partial charge in [-0.25, -0.2) is 4.98 Å². The first-order valence-electron chi connectivity index (χ1n) is 19.9. The summed E-state index contributed by atoms with van der Waals surface area (Å²) in [6.45, 7) is 0. The van der Waals surface area contributed by atoms with Crippen LogP contribution in [0.15, 0.2) is 212 Å². The van der Waals surface area contributed by atoms with Crippen molar-refractivity contribution in [2.45, 2.75) is 0 Å². The molecule has 0 bridgehead atoms. The minimum absolute atomic E-state index is 0.951. The van der Waals surface area contributed by atoms with Gasteiger partial charge in [-0.15, -0.1) is 0 Å². The molecule has 0 atom stereocenters. The Hall–Kier alpha value is -7.75. The number of nitrogens with zero attached hydrogens (tertiary/aromatic N) is 3. The molecule has 9 aromatic carbocycles. The van der Waals surface area contributed by atoms with Crippen molar-refractivity contribution >= 4 is 65.2 Å². The highest BCUT2D eigenvalue weighted by Crippen LogP contribution is 2.43. The molecule has 0 unspecified atom stereocenters. The Labute approximate surface area is 335 Å². The number of para-hydroxylation sites is 3. The summed E-state index contributed by atoms with van der Waals surface area (Å²) in [5.74, 6) is 0. The molecule has 0 aliphatic rings. The first kappa shape index (κ1) is 32.5. The van der Waals surface area contributed by atoms with Gasteiger partial charge in [0.1, 0.15) is 0 Å². The van der Waals surface area contributed by atoms with E-state index in [0.717, 1.165) is 33.8 Å².